The maximum absolute atomic E-state index is 12.5. The quantitative estimate of drug-likeness (QED) is 0.643. The number of para-hydroxylation sites is 1. The van der Waals surface area contributed by atoms with Gasteiger partial charge in [-0.05, 0) is 42.8 Å². The van der Waals surface area contributed by atoms with Crippen LogP contribution in [-0.2, 0) is 0 Å². The molecule has 2 heterocycles. The molecule has 4 rings (SSSR count). The molecule has 112 valence electrons. The number of ether oxygens (including phenoxy) is 1. The molecule has 0 spiro atoms. The van der Waals surface area contributed by atoms with Gasteiger partial charge in [-0.25, -0.2) is 0 Å². The molecule has 1 aliphatic rings. The first-order valence-corrected chi connectivity index (χ1v) is 7.19. The van der Waals surface area contributed by atoms with Crippen LogP contribution in [0.15, 0.2) is 63.7 Å². The van der Waals surface area contributed by atoms with Crippen LogP contribution in [0, 0.1) is 6.92 Å². The van der Waals surface area contributed by atoms with Crippen LogP contribution in [0.25, 0.3) is 17.0 Å². The van der Waals surface area contributed by atoms with Crippen molar-refractivity contribution in [3.8, 4) is 5.75 Å². The molecule has 0 radical (unpaired) electrons. The first kappa shape index (κ1) is 13.5. The number of aryl methyl sites for hydroxylation is 1. The van der Waals surface area contributed by atoms with Gasteiger partial charge >= 0.3 is 0 Å². The number of benzene rings is 2. The Morgan fingerprint density at radius 3 is 2.74 bits per heavy atom. The summed E-state index contributed by atoms with van der Waals surface area (Å²) in [7, 11) is 0. The summed E-state index contributed by atoms with van der Waals surface area (Å²) in [5.41, 5.74) is 2.12. The molecule has 23 heavy (non-hydrogen) atoms. The van der Waals surface area contributed by atoms with Crippen molar-refractivity contribution in [1.29, 1.82) is 0 Å². The van der Waals surface area contributed by atoms with E-state index in [4.69, 9.17) is 9.15 Å². The van der Waals surface area contributed by atoms with Gasteiger partial charge in [-0.3, -0.25) is 9.59 Å². The van der Waals surface area contributed by atoms with Crippen LogP contribution in [0.3, 0.4) is 0 Å². The second-order valence-corrected chi connectivity index (χ2v) is 5.46. The van der Waals surface area contributed by atoms with Gasteiger partial charge in [-0.2, -0.15) is 0 Å². The Labute approximate surface area is 131 Å². The lowest BCUT2D eigenvalue weighted by atomic mass is 10.1. The Morgan fingerprint density at radius 2 is 1.87 bits per heavy atom. The third kappa shape index (κ3) is 2.16. The highest BCUT2D eigenvalue weighted by Crippen LogP contribution is 2.32. The smallest absolute Gasteiger partial charge is 0.231 e. The summed E-state index contributed by atoms with van der Waals surface area (Å²) in [6.07, 6.45) is 2.79. The highest BCUT2D eigenvalue weighted by Gasteiger charge is 2.27. The molecule has 0 unspecified atom stereocenters. The fourth-order valence-corrected chi connectivity index (χ4v) is 2.63. The van der Waals surface area contributed by atoms with Crippen molar-refractivity contribution in [2.75, 3.05) is 0 Å². The summed E-state index contributed by atoms with van der Waals surface area (Å²) in [5, 5.41) is 0.473. The van der Waals surface area contributed by atoms with E-state index >= 15 is 0 Å². The molecule has 4 heteroatoms. The fraction of sp³-hybridized carbons (Fsp3) is 0.0526. The van der Waals surface area contributed by atoms with E-state index < -0.39 is 0 Å². The number of ketones is 1. The minimum Gasteiger partial charge on any atom is -0.463 e. The molecule has 0 atom stereocenters. The highest BCUT2D eigenvalue weighted by atomic mass is 16.5. The van der Waals surface area contributed by atoms with Crippen LogP contribution in [0.5, 0.6) is 5.75 Å². The molecule has 1 aromatic heterocycles. The van der Waals surface area contributed by atoms with Crippen LogP contribution in [0.4, 0.5) is 0 Å². The summed E-state index contributed by atoms with van der Waals surface area (Å²) in [6, 6.07) is 12.4. The van der Waals surface area contributed by atoms with Crippen LogP contribution in [-0.4, -0.2) is 5.78 Å². The van der Waals surface area contributed by atoms with Crippen LogP contribution in [0.2, 0.25) is 0 Å². The molecular weight excluding hydrogens is 292 g/mol. The molecule has 0 bridgehead atoms. The van der Waals surface area contributed by atoms with Gasteiger partial charge < -0.3 is 9.15 Å². The molecule has 3 aromatic rings. The summed E-state index contributed by atoms with van der Waals surface area (Å²) >= 11 is 0. The van der Waals surface area contributed by atoms with E-state index in [0.717, 1.165) is 5.56 Å². The van der Waals surface area contributed by atoms with Gasteiger partial charge in [-0.1, -0.05) is 18.2 Å². The molecule has 1 aliphatic heterocycles. The maximum atomic E-state index is 12.5. The molecule has 0 fully saturated rings. The number of allylic oxidation sites excluding steroid dienone is 1. The van der Waals surface area contributed by atoms with E-state index in [1.165, 1.54) is 12.3 Å². The third-order valence-electron chi connectivity index (χ3n) is 3.82. The fourth-order valence-electron chi connectivity index (χ4n) is 2.63. The van der Waals surface area contributed by atoms with Gasteiger partial charge in [0.15, 0.2) is 11.2 Å². The number of carbonyl (C=O) groups excluding carboxylic acids is 1. The minimum atomic E-state index is -0.229. The SMILES string of the molecule is Cc1ccc2c(c1)O/C(=C\c1coc3ccccc3c1=O)C2=O. The van der Waals surface area contributed by atoms with Gasteiger partial charge in [0.05, 0.1) is 16.5 Å². The first-order valence-electron chi connectivity index (χ1n) is 7.19. The number of carbonyl (C=O) groups is 1. The van der Waals surface area contributed by atoms with Gasteiger partial charge in [0.2, 0.25) is 5.78 Å². The van der Waals surface area contributed by atoms with E-state index in [2.05, 4.69) is 0 Å². The minimum absolute atomic E-state index is 0.133. The summed E-state index contributed by atoms with van der Waals surface area (Å²) < 4.78 is 11.1. The summed E-state index contributed by atoms with van der Waals surface area (Å²) in [5.74, 6) is 0.423. The Bertz CT molecular complexity index is 1040. The van der Waals surface area contributed by atoms with Crippen LogP contribution >= 0.6 is 0 Å². The predicted molar refractivity (Wildman–Crippen MR) is 86.6 cm³/mol. The first-order chi connectivity index (χ1) is 11.1. The van der Waals surface area contributed by atoms with E-state index in [1.54, 1.807) is 36.4 Å². The average molecular weight is 304 g/mol. The lowest BCUT2D eigenvalue weighted by Gasteiger charge is -2.00. The maximum Gasteiger partial charge on any atom is 0.231 e. The van der Waals surface area contributed by atoms with Crippen LogP contribution in [0.1, 0.15) is 21.5 Å². The molecule has 0 saturated heterocycles. The van der Waals surface area contributed by atoms with Crippen molar-refractivity contribution in [3.63, 3.8) is 0 Å². The zero-order chi connectivity index (χ0) is 16.0. The monoisotopic (exact) mass is 304 g/mol. The van der Waals surface area contributed by atoms with E-state index in [1.807, 2.05) is 13.0 Å². The normalized spacial score (nSPS) is 15.0. The lowest BCUT2D eigenvalue weighted by Crippen LogP contribution is -2.07. The average Bonchev–Trinajstić information content (AvgIpc) is 2.86. The van der Waals surface area contributed by atoms with Gasteiger partial charge in [0, 0.05) is 0 Å². The summed E-state index contributed by atoms with van der Waals surface area (Å²) in [4.78, 5) is 24.8. The number of Topliss-reactive ketones (excluding diaryl/α,β-unsaturated/α-hetero) is 1. The van der Waals surface area contributed by atoms with Crippen molar-refractivity contribution in [2.24, 2.45) is 0 Å². The highest BCUT2D eigenvalue weighted by molar-refractivity contribution is 6.14. The lowest BCUT2D eigenvalue weighted by molar-refractivity contribution is 0.101. The van der Waals surface area contributed by atoms with Gasteiger partial charge in [-0.15, -0.1) is 0 Å². The third-order valence-corrected chi connectivity index (χ3v) is 3.82. The van der Waals surface area contributed by atoms with Crippen molar-refractivity contribution in [1.82, 2.24) is 0 Å². The largest absolute Gasteiger partial charge is 0.463 e. The topological polar surface area (TPSA) is 56.5 Å². The Morgan fingerprint density at radius 1 is 1.04 bits per heavy atom. The molecule has 4 nitrogen and oxygen atoms in total. The molecule has 0 N–H and O–H groups in total. The van der Waals surface area contributed by atoms with Gasteiger partial charge in [0.25, 0.3) is 0 Å². The van der Waals surface area contributed by atoms with Crippen LogP contribution < -0.4 is 10.2 Å². The number of rotatable bonds is 1. The van der Waals surface area contributed by atoms with Crippen molar-refractivity contribution >= 4 is 22.8 Å². The predicted octanol–water partition coefficient (Wildman–Crippen LogP) is 3.72. The molecule has 0 saturated carbocycles. The number of fused-ring (bicyclic) bond motifs is 2. The Kier molecular flexibility index (Phi) is 2.91. The van der Waals surface area contributed by atoms with Crippen molar-refractivity contribution in [3.05, 3.63) is 81.4 Å². The Hall–Kier alpha value is -3.14. The zero-order valence-corrected chi connectivity index (χ0v) is 12.3. The Balaban J connectivity index is 1.82. The second kappa shape index (κ2) is 4.95. The number of hydrogen-bond donors (Lipinski definition) is 0. The van der Waals surface area contributed by atoms with E-state index in [9.17, 15) is 9.59 Å². The van der Waals surface area contributed by atoms with Crippen molar-refractivity contribution in [2.45, 2.75) is 6.92 Å². The van der Waals surface area contributed by atoms with Gasteiger partial charge in [0.1, 0.15) is 17.6 Å². The molecule has 2 aromatic carbocycles. The summed E-state index contributed by atoms with van der Waals surface area (Å²) in [6.45, 7) is 1.92. The second-order valence-electron chi connectivity index (χ2n) is 5.46. The number of hydrogen-bond acceptors (Lipinski definition) is 4. The molecular formula is C19H12O4. The standard InChI is InChI=1S/C19H12O4/c1-11-6-7-14-16(8-11)23-17(19(14)21)9-12-10-22-15-5-3-2-4-13(15)18(12)20/h2-10H,1H3/b17-9-. The molecule has 0 amide bonds. The van der Waals surface area contributed by atoms with Crippen molar-refractivity contribution < 1.29 is 13.9 Å². The zero-order valence-electron chi connectivity index (χ0n) is 12.3. The molecule has 0 aliphatic carbocycles. The van der Waals surface area contributed by atoms with E-state index in [0.29, 0.717) is 22.3 Å². The van der Waals surface area contributed by atoms with E-state index in [-0.39, 0.29) is 22.5 Å².